The van der Waals surface area contributed by atoms with E-state index < -0.39 is 6.04 Å². The van der Waals surface area contributed by atoms with E-state index in [1.165, 1.54) is 5.56 Å². The first-order valence-corrected chi connectivity index (χ1v) is 12.0. The highest BCUT2D eigenvalue weighted by atomic mass is 16.3. The number of carbonyl (C=O) groups is 2. The van der Waals surface area contributed by atoms with Gasteiger partial charge in [-0.2, -0.15) is 0 Å². The average molecular weight is 472 g/mol. The number of hydrogen-bond acceptors (Lipinski definition) is 5. The summed E-state index contributed by atoms with van der Waals surface area (Å²) in [5.74, 6) is 0.638. The molecule has 35 heavy (non-hydrogen) atoms. The lowest BCUT2D eigenvalue weighted by Crippen LogP contribution is -2.46. The lowest BCUT2D eigenvalue weighted by atomic mass is 9.97. The fourth-order valence-electron chi connectivity index (χ4n) is 4.34. The van der Waals surface area contributed by atoms with Gasteiger partial charge in [-0.15, -0.1) is 5.10 Å². The summed E-state index contributed by atoms with van der Waals surface area (Å²) in [5.41, 5.74) is 3.49. The van der Waals surface area contributed by atoms with E-state index in [4.69, 9.17) is 4.42 Å². The molecule has 2 aromatic heterocycles. The van der Waals surface area contributed by atoms with Gasteiger partial charge in [-0.05, 0) is 54.2 Å². The van der Waals surface area contributed by atoms with Gasteiger partial charge in [0.1, 0.15) is 23.9 Å². The first-order valence-electron chi connectivity index (χ1n) is 12.0. The molecular formula is C27H29N5O3. The Bertz CT molecular complexity index is 1310. The number of aromatic nitrogens is 3. The second-order valence-corrected chi connectivity index (χ2v) is 9.29. The Labute approximate surface area is 203 Å². The number of hydrogen-bond donors (Lipinski definition) is 1. The van der Waals surface area contributed by atoms with Crippen molar-refractivity contribution in [3.63, 3.8) is 0 Å². The number of nitrogens with zero attached hydrogens (tertiary/aromatic N) is 4. The molecule has 5 rings (SSSR count). The number of para-hydroxylation sites is 1. The van der Waals surface area contributed by atoms with Crippen LogP contribution >= 0.6 is 0 Å². The van der Waals surface area contributed by atoms with Crippen LogP contribution in [0.5, 0.6) is 0 Å². The number of rotatable bonds is 9. The highest BCUT2D eigenvalue weighted by Gasteiger charge is 2.41. The Morgan fingerprint density at radius 1 is 1.06 bits per heavy atom. The van der Waals surface area contributed by atoms with Crippen LogP contribution in [0.25, 0.3) is 11.0 Å². The molecule has 2 amide bonds. The number of nitrogens with one attached hydrogen (secondary N) is 1. The van der Waals surface area contributed by atoms with Gasteiger partial charge in [0, 0.05) is 6.04 Å². The van der Waals surface area contributed by atoms with Gasteiger partial charge in [0.2, 0.25) is 11.8 Å². The fraction of sp³-hybridized carbons (Fsp3) is 0.333. The smallest absolute Gasteiger partial charge is 0.247 e. The molecule has 0 aliphatic heterocycles. The summed E-state index contributed by atoms with van der Waals surface area (Å²) in [6.07, 6.45) is 3.32. The van der Waals surface area contributed by atoms with Crippen LogP contribution in [0.2, 0.25) is 0 Å². The average Bonchev–Trinajstić information content (AvgIpc) is 3.40. The maximum Gasteiger partial charge on any atom is 0.247 e. The van der Waals surface area contributed by atoms with Crippen LogP contribution < -0.4 is 5.32 Å². The van der Waals surface area contributed by atoms with Crippen LogP contribution in [0.15, 0.2) is 71.3 Å². The quantitative estimate of drug-likeness (QED) is 0.395. The molecule has 1 aliphatic carbocycles. The van der Waals surface area contributed by atoms with Gasteiger partial charge >= 0.3 is 0 Å². The zero-order valence-corrected chi connectivity index (χ0v) is 19.9. The summed E-state index contributed by atoms with van der Waals surface area (Å²) in [6.45, 7) is 4.53. The third-order valence-corrected chi connectivity index (χ3v) is 6.40. The first-order chi connectivity index (χ1) is 17.0. The molecule has 1 atom stereocenters. The van der Waals surface area contributed by atoms with Crippen LogP contribution in [0.3, 0.4) is 0 Å². The first kappa shape index (κ1) is 22.8. The third kappa shape index (κ3) is 4.96. The van der Waals surface area contributed by atoms with Crippen molar-refractivity contribution in [2.24, 2.45) is 0 Å². The van der Waals surface area contributed by atoms with Crippen molar-refractivity contribution in [3.8, 4) is 0 Å². The topological polar surface area (TPSA) is 93.3 Å². The number of carbonyl (C=O) groups excluding carboxylic acids is 2. The summed E-state index contributed by atoms with van der Waals surface area (Å²) in [6, 6.07) is 18.4. The van der Waals surface area contributed by atoms with E-state index in [0.29, 0.717) is 11.7 Å². The monoisotopic (exact) mass is 471 g/mol. The Morgan fingerprint density at radius 3 is 2.49 bits per heavy atom. The highest BCUT2D eigenvalue weighted by molar-refractivity contribution is 5.89. The SMILES string of the molecule is CC(C)c1ccc([C@@H](C(=O)NCc2ccco2)N(C(=O)Cn2nnc3ccccc32)C2CC2)cc1. The van der Waals surface area contributed by atoms with Gasteiger partial charge in [0.15, 0.2) is 0 Å². The molecule has 180 valence electrons. The molecule has 2 heterocycles. The molecule has 0 radical (unpaired) electrons. The molecule has 0 unspecified atom stereocenters. The van der Waals surface area contributed by atoms with Gasteiger partial charge in [0.25, 0.3) is 0 Å². The van der Waals surface area contributed by atoms with E-state index in [-0.39, 0.29) is 30.9 Å². The van der Waals surface area contributed by atoms with Gasteiger partial charge < -0.3 is 14.6 Å². The van der Waals surface area contributed by atoms with Crippen LogP contribution in [0.4, 0.5) is 0 Å². The van der Waals surface area contributed by atoms with E-state index in [0.717, 1.165) is 29.4 Å². The van der Waals surface area contributed by atoms with E-state index in [1.807, 2.05) is 54.6 Å². The molecule has 1 fully saturated rings. The number of amides is 2. The molecule has 8 heteroatoms. The molecule has 2 aromatic carbocycles. The van der Waals surface area contributed by atoms with Crippen molar-refractivity contribution in [3.05, 3.63) is 83.8 Å². The zero-order chi connectivity index (χ0) is 24.4. The predicted molar refractivity (Wildman–Crippen MR) is 131 cm³/mol. The van der Waals surface area contributed by atoms with Crippen molar-refractivity contribution in [1.29, 1.82) is 0 Å². The van der Waals surface area contributed by atoms with Crippen molar-refractivity contribution in [1.82, 2.24) is 25.2 Å². The highest BCUT2D eigenvalue weighted by Crippen LogP contribution is 2.36. The van der Waals surface area contributed by atoms with E-state index in [1.54, 1.807) is 21.9 Å². The third-order valence-electron chi connectivity index (χ3n) is 6.40. The lowest BCUT2D eigenvalue weighted by molar-refractivity contribution is -0.142. The minimum Gasteiger partial charge on any atom is -0.467 e. The van der Waals surface area contributed by atoms with Crippen LogP contribution in [-0.4, -0.2) is 37.7 Å². The Morgan fingerprint density at radius 2 is 1.80 bits per heavy atom. The zero-order valence-electron chi connectivity index (χ0n) is 19.9. The van der Waals surface area contributed by atoms with Gasteiger partial charge in [-0.1, -0.05) is 55.5 Å². The van der Waals surface area contributed by atoms with Gasteiger partial charge in [0.05, 0.1) is 18.3 Å². The molecule has 0 bridgehead atoms. The largest absolute Gasteiger partial charge is 0.467 e. The molecule has 1 saturated carbocycles. The Kier molecular flexibility index (Phi) is 6.35. The molecule has 8 nitrogen and oxygen atoms in total. The molecule has 0 spiro atoms. The summed E-state index contributed by atoms with van der Waals surface area (Å²) in [7, 11) is 0. The van der Waals surface area contributed by atoms with E-state index in [2.05, 4.69) is 29.5 Å². The fourth-order valence-corrected chi connectivity index (χ4v) is 4.34. The second-order valence-electron chi connectivity index (χ2n) is 9.29. The van der Waals surface area contributed by atoms with Crippen LogP contribution in [0.1, 0.15) is 55.5 Å². The maximum absolute atomic E-state index is 13.7. The van der Waals surface area contributed by atoms with Gasteiger partial charge in [-0.25, -0.2) is 4.68 Å². The second kappa shape index (κ2) is 9.74. The Hall–Kier alpha value is -3.94. The molecular weight excluding hydrogens is 442 g/mol. The van der Waals surface area contributed by atoms with Crippen LogP contribution in [0, 0.1) is 0 Å². The van der Waals surface area contributed by atoms with Crippen molar-refractivity contribution in [2.75, 3.05) is 0 Å². The predicted octanol–water partition coefficient (Wildman–Crippen LogP) is 4.20. The van der Waals surface area contributed by atoms with Crippen molar-refractivity contribution < 1.29 is 14.0 Å². The molecule has 0 saturated heterocycles. The summed E-state index contributed by atoms with van der Waals surface area (Å²) >= 11 is 0. The lowest BCUT2D eigenvalue weighted by Gasteiger charge is -2.31. The minimum atomic E-state index is -0.749. The van der Waals surface area contributed by atoms with E-state index in [9.17, 15) is 9.59 Å². The molecule has 1 N–H and O–H groups in total. The van der Waals surface area contributed by atoms with Crippen LogP contribution in [-0.2, 0) is 22.7 Å². The van der Waals surface area contributed by atoms with Crippen molar-refractivity contribution >= 4 is 22.8 Å². The number of fused-ring (bicyclic) bond motifs is 1. The summed E-state index contributed by atoms with van der Waals surface area (Å²) in [4.78, 5) is 29.0. The van der Waals surface area contributed by atoms with Crippen molar-refractivity contribution in [2.45, 2.75) is 57.8 Å². The minimum absolute atomic E-state index is 0.0152. The maximum atomic E-state index is 13.7. The molecule has 1 aliphatic rings. The summed E-state index contributed by atoms with van der Waals surface area (Å²) in [5, 5.41) is 11.3. The van der Waals surface area contributed by atoms with Gasteiger partial charge in [-0.3, -0.25) is 9.59 Å². The standard InChI is InChI=1S/C27H29N5O3/c1-18(2)19-9-11-20(12-10-19)26(27(34)28-16-22-6-5-15-35-22)32(21-13-14-21)25(33)17-31-24-8-4-3-7-23(24)29-30-31/h3-12,15,18,21,26H,13-14,16-17H2,1-2H3,(H,28,34)/t26-/m0/s1. The molecule has 4 aromatic rings. The number of benzene rings is 2. The summed E-state index contributed by atoms with van der Waals surface area (Å²) < 4.78 is 6.98. The van der Waals surface area contributed by atoms with E-state index >= 15 is 0 Å². The normalized spacial score (nSPS) is 14.3. The number of furan rings is 1. The Balaban J connectivity index is 1.45.